The topological polar surface area (TPSA) is 73.1 Å². The van der Waals surface area contributed by atoms with Crippen molar-refractivity contribution in [2.45, 2.75) is 19.9 Å². The van der Waals surface area contributed by atoms with Crippen molar-refractivity contribution < 1.29 is 14.3 Å². The van der Waals surface area contributed by atoms with Crippen LogP contribution in [-0.4, -0.2) is 17.1 Å². The van der Waals surface area contributed by atoms with Crippen LogP contribution in [-0.2, 0) is 4.79 Å². The van der Waals surface area contributed by atoms with Crippen molar-refractivity contribution in [3.8, 4) is 6.07 Å². The number of carboxylic acid groups (broad SMARTS) is 1. The Kier molecular flexibility index (Phi) is 4.68. The number of nitrogens with zero attached hydrogens (tertiary/aromatic N) is 1. The first-order valence-corrected chi connectivity index (χ1v) is 6.05. The number of anilines is 1. The van der Waals surface area contributed by atoms with Gasteiger partial charge in [-0.1, -0.05) is 13.8 Å². The summed E-state index contributed by atoms with van der Waals surface area (Å²) in [4.78, 5) is 11.0. The molecule has 1 aromatic carbocycles. The maximum Gasteiger partial charge on any atom is 0.326 e. The maximum absolute atomic E-state index is 13.9. The quantitative estimate of drug-likeness (QED) is 0.896. The van der Waals surface area contributed by atoms with Gasteiger partial charge in [0.2, 0.25) is 0 Å². The van der Waals surface area contributed by atoms with Gasteiger partial charge in [0.15, 0.2) is 5.82 Å². The van der Waals surface area contributed by atoms with Gasteiger partial charge in [-0.15, -0.1) is 0 Å². The molecule has 18 heavy (non-hydrogen) atoms. The Morgan fingerprint density at radius 1 is 1.56 bits per heavy atom. The van der Waals surface area contributed by atoms with Crippen LogP contribution in [0.15, 0.2) is 16.6 Å². The molecule has 1 atom stereocenters. The van der Waals surface area contributed by atoms with Crippen LogP contribution in [0.25, 0.3) is 0 Å². The number of hydrogen-bond acceptors (Lipinski definition) is 3. The highest BCUT2D eigenvalue weighted by Crippen LogP contribution is 2.27. The first kappa shape index (κ1) is 14.5. The van der Waals surface area contributed by atoms with E-state index in [1.54, 1.807) is 13.8 Å². The monoisotopic (exact) mass is 314 g/mol. The van der Waals surface area contributed by atoms with E-state index in [0.29, 0.717) is 0 Å². The smallest absolute Gasteiger partial charge is 0.326 e. The molecule has 0 aliphatic heterocycles. The Labute approximate surface area is 113 Å². The zero-order valence-electron chi connectivity index (χ0n) is 9.87. The van der Waals surface area contributed by atoms with E-state index >= 15 is 0 Å². The zero-order chi connectivity index (χ0) is 13.9. The molecular weight excluding hydrogens is 303 g/mol. The predicted octanol–water partition coefficient (Wildman–Crippen LogP) is 2.98. The van der Waals surface area contributed by atoms with Gasteiger partial charge in [0.25, 0.3) is 0 Å². The predicted molar refractivity (Wildman–Crippen MR) is 68.7 cm³/mol. The van der Waals surface area contributed by atoms with Crippen molar-refractivity contribution in [2.24, 2.45) is 5.92 Å². The van der Waals surface area contributed by atoms with Crippen molar-refractivity contribution in [3.63, 3.8) is 0 Å². The Bertz CT molecular complexity index is 512. The molecule has 1 aromatic rings. The highest BCUT2D eigenvalue weighted by molar-refractivity contribution is 9.10. The van der Waals surface area contributed by atoms with Gasteiger partial charge < -0.3 is 10.4 Å². The van der Waals surface area contributed by atoms with Gasteiger partial charge in [0.05, 0.1) is 15.7 Å². The fourth-order valence-electron chi connectivity index (χ4n) is 1.43. The van der Waals surface area contributed by atoms with Gasteiger partial charge in [0, 0.05) is 0 Å². The molecule has 4 nitrogen and oxygen atoms in total. The molecule has 0 fully saturated rings. The molecule has 6 heteroatoms. The van der Waals surface area contributed by atoms with Gasteiger partial charge in [-0.3, -0.25) is 0 Å². The van der Waals surface area contributed by atoms with E-state index in [-0.39, 0.29) is 21.6 Å². The summed E-state index contributed by atoms with van der Waals surface area (Å²) in [6, 6.07) is 3.73. The lowest BCUT2D eigenvalue weighted by Gasteiger charge is -2.19. The van der Waals surface area contributed by atoms with Crippen molar-refractivity contribution in [1.29, 1.82) is 5.26 Å². The molecule has 0 amide bonds. The van der Waals surface area contributed by atoms with E-state index < -0.39 is 17.8 Å². The lowest BCUT2D eigenvalue weighted by molar-refractivity contribution is -0.138. The van der Waals surface area contributed by atoms with E-state index in [2.05, 4.69) is 21.2 Å². The van der Waals surface area contributed by atoms with Gasteiger partial charge in [-0.25, -0.2) is 9.18 Å². The summed E-state index contributed by atoms with van der Waals surface area (Å²) >= 11 is 2.97. The highest BCUT2D eigenvalue weighted by atomic mass is 79.9. The van der Waals surface area contributed by atoms with Crippen LogP contribution in [0, 0.1) is 23.1 Å². The summed E-state index contributed by atoms with van der Waals surface area (Å²) in [7, 11) is 0. The molecule has 2 N–H and O–H groups in total. The second-order valence-corrected chi connectivity index (χ2v) is 4.90. The first-order chi connectivity index (χ1) is 8.38. The van der Waals surface area contributed by atoms with Crippen LogP contribution in [0.2, 0.25) is 0 Å². The number of rotatable bonds is 4. The Morgan fingerprint density at radius 3 is 2.61 bits per heavy atom. The summed E-state index contributed by atoms with van der Waals surface area (Å²) in [5.41, 5.74) is 0.219. The number of benzene rings is 1. The molecule has 0 saturated heterocycles. The van der Waals surface area contributed by atoms with Gasteiger partial charge in [-0.05, 0) is 34.0 Å². The van der Waals surface area contributed by atoms with E-state index in [0.717, 1.165) is 0 Å². The minimum atomic E-state index is -1.05. The van der Waals surface area contributed by atoms with Gasteiger partial charge >= 0.3 is 5.97 Å². The normalized spacial score (nSPS) is 12.0. The number of carbonyl (C=O) groups is 1. The molecule has 0 bridgehead atoms. The summed E-state index contributed by atoms with van der Waals surface area (Å²) in [6.07, 6.45) is 0. The molecule has 0 aromatic heterocycles. The van der Waals surface area contributed by atoms with E-state index in [1.165, 1.54) is 12.1 Å². The average Bonchev–Trinajstić information content (AvgIpc) is 2.30. The molecular formula is C12H12BrFN2O2. The van der Waals surface area contributed by atoms with E-state index in [9.17, 15) is 9.18 Å². The van der Waals surface area contributed by atoms with Crippen molar-refractivity contribution in [3.05, 3.63) is 28.0 Å². The number of nitrogens with one attached hydrogen (secondary N) is 1. The summed E-state index contributed by atoms with van der Waals surface area (Å²) < 4.78 is 13.9. The Morgan fingerprint density at radius 2 is 2.17 bits per heavy atom. The van der Waals surface area contributed by atoms with Crippen LogP contribution in [0.4, 0.5) is 10.1 Å². The molecule has 0 aliphatic rings. The second kappa shape index (κ2) is 5.83. The number of carboxylic acids is 1. The molecule has 0 spiro atoms. The molecule has 0 aliphatic carbocycles. The standard InChI is InChI=1S/C12H12BrFN2O2/c1-6(2)11(12(17)18)16-8-4-3-7(5-15)9(13)10(8)14/h3-4,6,11,16H,1-2H3,(H,17,18). The number of hydrogen-bond donors (Lipinski definition) is 2. The summed E-state index contributed by atoms with van der Waals surface area (Å²) in [6.45, 7) is 3.45. The van der Waals surface area contributed by atoms with Crippen LogP contribution in [0.1, 0.15) is 19.4 Å². The minimum Gasteiger partial charge on any atom is -0.480 e. The molecule has 1 unspecified atom stereocenters. The number of nitriles is 1. The number of aliphatic carboxylic acids is 1. The minimum absolute atomic E-state index is 0.0305. The Balaban J connectivity index is 3.09. The fraction of sp³-hybridized carbons (Fsp3) is 0.333. The highest BCUT2D eigenvalue weighted by Gasteiger charge is 2.23. The first-order valence-electron chi connectivity index (χ1n) is 5.26. The van der Waals surface area contributed by atoms with Crippen LogP contribution < -0.4 is 5.32 Å². The maximum atomic E-state index is 13.9. The second-order valence-electron chi connectivity index (χ2n) is 4.10. The number of halogens is 2. The third-order valence-electron chi connectivity index (χ3n) is 2.45. The average molecular weight is 315 g/mol. The summed E-state index contributed by atoms with van der Waals surface area (Å²) in [5.74, 6) is -1.91. The molecule has 0 saturated carbocycles. The van der Waals surface area contributed by atoms with Crippen LogP contribution in [0.5, 0.6) is 0 Å². The van der Waals surface area contributed by atoms with Crippen molar-refractivity contribution in [2.75, 3.05) is 5.32 Å². The molecule has 0 radical (unpaired) electrons. The van der Waals surface area contributed by atoms with E-state index in [1.807, 2.05) is 6.07 Å². The molecule has 96 valence electrons. The van der Waals surface area contributed by atoms with Crippen LogP contribution in [0.3, 0.4) is 0 Å². The van der Waals surface area contributed by atoms with E-state index in [4.69, 9.17) is 10.4 Å². The fourth-order valence-corrected chi connectivity index (χ4v) is 1.86. The Hall–Kier alpha value is -1.61. The third-order valence-corrected chi connectivity index (χ3v) is 3.22. The van der Waals surface area contributed by atoms with Crippen LogP contribution >= 0.6 is 15.9 Å². The SMILES string of the molecule is CC(C)C(Nc1ccc(C#N)c(Br)c1F)C(=O)O. The zero-order valence-corrected chi connectivity index (χ0v) is 11.5. The lowest BCUT2D eigenvalue weighted by Crippen LogP contribution is -2.34. The van der Waals surface area contributed by atoms with Gasteiger partial charge in [0.1, 0.15) is 12.1 Å². The lowest BCUT2D eigenvalue weighted by atomic mass is 10.0. The molecule has 0 heterocycles. The van der Waals surface area contributed by atoms with Crippen molar-refractivity contribution in [1.82, 2.24) is 0 Å². The summed E-state index contributed by atoms with van der Waals surface area (Å²) in [5, 5.41) is 20.4. The molecule has 1 rings (SSSR count). The van der Waals surface area contributed by atoms with Crippen molar-refractivity contribution >= 4 is 27.6 Å². The largest absolute Gasteiger partial charge is 0.480 e. The van der Waals surface area contributed by atoms with Gasteiger partial charge in [-0.2, -0.15) is 5.26 Å². The third kappa shape index (κ3) is 2.99.